The molecule has 2 aromatic rings. The van der Waals surface area contributed by atoms with Crippen LogP contribution in [0.25, 0.3) is 10.8 Å². The molecule has 1 aromatic carbocycles. The predicted molar refractivity (Wildman–Crippen MR) is 157 cm³/mol. The van der Waals surface area contributed by atoms with Crippen molar-refractivity contribution < 1.29 is 27.5 Å². The number of pyridine rings is 1. The van der Waals surface area contributed by atoms with Crippen LogP contribution in [0.3, 0.4) is 0 Å². The highest BCUT2D eigenvalue weighted by molar-refractivity contribution is 7.91. The minimum atomic E-state index is -3.88. The number of allylic oxidation sites excluding steroid dienone is 1. The fourth-order valence-electron chi connectivity index (χ4n) is 6.11. The van der Waals surface area contributed by atoms with Gasteiger partial charge in [-0.05, 0) is 63.0 Å². The van der Waals surface area contributed by atoms with E-state index in [0.29, 0.717) is 31.6 Å². The highest BCUT2D eigenvalue weighted by Crippen LogP contribution is 2.47. The molecule has 224 valence electrons. The first kappa shape index (κ1) is 28.6. The van der Waals surface area contributed by atoms with Gasteiger partial charge >= 0.3 is 0 Å². The molecule has 6 rings (SSSR count). The minimum Gasteiger partial charge on any atom is -0.472 e. The van der Waals surface area contributed by atoms with Gasteiger partial charge in [0.1, 0.15) is 17.7 Å². The van der Waals surface area contributed by atoms with Crippen molar-refractivity contribution in [2.24, 2.45) is 5.92 Å². The Hall–Kier alpha value is -3.47. The molecule has 3 heterocycles. The SMILES string of the molecule is CC1(S(=O)(=O)NC(=O)C23CC2C=CCCCCCCC(=O)N2CC(Oc4nccc5ccccc45)CC2C(=O)N3)CC1. The Balaban J connectivity index is 1.25. The lowest BCUT2D eigenvalue weighted by atomic mass is 10.1. The zero-order valence-electron chi connectivity index (χ0n) is 23.9. The molecule has 1 saturated heterocycles. The van der Waals surface area contributed by atoms with Crippen molar-refractivity contribution in [3.8, 4) is 5.88 Å². The number of rotatable bonds is 5. The summed E-state index contributed by atoms with van der Waals surface area (Å²) in [5, 5.41) is 4.72. The summed E-state index contributed by atoms with van der Waals surface area (Å²) in [5.41, 5.74) is -1.38. The van der Waals surface area contributed by atoms with Gasteiger partial charge in [-0.3, -0.25) is 19.1 Å². The third kappa shape index (κ3) is 5.50. The molecular formula is C31H38N4O6S. The topological polar surface area (TPSA) is 135 Å². The maximum atomic E-state index is 13.9. The maximum absolute atomic E-state index is 13.9. The molecule has 3 fully saturated rings. The number of aromatic nitrogens is 1. The van der Waals surface area contributed by atoms with Crippen LogP contribution in [0.15, 0.2) is 48.7 Å². The molecule has 10 nitrogen and oxygen atoms in total. The standard InChI is InChI=1S/C31H38N4O6S/c1-30(15-16-30)42(39,40)34-29(38)31-19-22(31)11-6-4-2-3-5-7-13-26(36)35-20-23(18-25(35)27(37)33-31)41-28-24-12-9-8-10-21(24)14-17-32-28/h6,8-12,14,17,22-23,25H,2-5,7,13,15-16,18-20H2,1H3,(H,33,37)(H,34,38). The number of sulfonamides is 1. The number of carbonyl (C=O) groups is 3. The largest absolute Gasteiger partial charge is 0.472 e. The molecule has 2 N–H and O–H groups in total. The number of carbonyl (C=O) groups excluding carboxylic acids is 3. The van der Waals surface area contributed by atoms with Crippen molar-refractivity contribution in [3.63, 3.8) is 0 Å². The van der Waals surface area contributed by atoms with E-state index in [0.717, 1.165) is 42.9 Å². The molecule has 11 heteroatoms. The summed E-state index contributed by atoms with van der Waals surface area (Å²) < 4.78 is 33.4. The number of ether oxygens (including phenoxy) is 1. The van der Waals surface area contributed by atoms with Crippen molar-refractivity contribution in [3.05, 3.63) is 48.7 Å². The predicted octanol–water partition coefficient (Wildman–Crippen LogP) is 3.37. The lowest BCUT2D eigenvalue weighted by Gasteiger charge is -2.27. The fourth-order valence-corrected chi connectivity index (χ4v) is 7.42. The van der Waals surface area contributed by atoms with Gasteiger partial charge in [0.2, 0.25) is 27.7 Å². The summed E-state index contributed by atoms with van der Waals surface area (Å²) in [6.07, 6.45) is 11.4. The van der Waals surface area contributed by atoms with E-state index in [9.17, 15) is 22.8 Å². The van der Waals surface area contributed by atoms with Crippen LogP contribution in [0.5, 0.6) is 5.88 Å². The molecule has 1 aromatic heterocycles. The Kier molecular flexibility index (Phi) is 7.49. The summed E-state index contributed by atoms with van der Waals surface area (Å²) in [5.74, 6) is -1.21. The van der Waals surface area contributed by atoms with Crippen molar-refractivity contribution in [1.29, 1.82) is 0 Å². The van der Waals surface area contributed by atoms with E-state index in [1.54, 1.807) is 18.0 Å². The van der Waals surface area contributed by atoms with E-state index in [-0.39, 0.29) is 24.8 Å². The average Bonchev–Trinajstić information content (AvgIpc) is 3.84. The highest BCUT2D eigenvalue weighted by Gasteiger charge is 2.63. The van der Waals surface area contributed by atoms with Gasteiger partial charge in [0.15, 0.2) is 0 Å². The number of nitrogens with one attached hydrogen (secondary N) is 2. The molecule has 42 heavy (non-hydrogen) atoms. The van der Waals surface area contributed by atoms with Gasteiger partial charge in [0, 0.05) is 30.3 Å². The van der Waals surface area contributed by atoms with Crippen LogP contribution >= 0.6 is 0 Å². The van der Waals surface area contributed by atoms with Crippen molar-refractivity contribution in [1.82, 2.24) is 19.9 Å². The molecule has 4 aliphatic rings. The Morgan fingerprint density at radius 1 is 1.12 bits per heavy atom. The number of nitrogens with zero attached hydrogens (tertiary/aromatic N) is 2. The van der Waals surface area contributed by atoms with Crippen LogP contribution < -0.4 is 14.8 Å². The first-order chi connectivity index (χ1) is 20.1. The number of benzene rings is 1. The molecule has 4 unspecified atom stereocenters. The molecule has 3 amide bonds. The second-order valence-corrected chi connectivity index (χ2v) is 14.6. The first-order valence-electron chi connectivity index (χ1n) is 15.0. The van der Waals surface area contributed by atoms with Gasteiger partial charge in [-0.1, -0.05) is 43.2 Å². The van der Waals surface area contributed by atoms with Gasteiger partial charge in [0.05, 0.1) is 11.3 Å². The van der Waals surface area contributed by atoms with Gasteiger partial charge in [-0.15, -0.1) is 0 Å². The van der Waals surface area contributed by atoms with Crippen LogP contribution in [-0.4, -0.2) is 65.0 Å². The number of amides is 3. The molecule has 0 radical (unpaired) electrons. The van der Waals surface area contributed by atoms with Crippen molar-refractivity contribution in [2.45, 2.75) is 93.6 Å². The maximum Gasteiger partial charge on any atom is 0.259 e. The van der Waals surface area contributed by atoms with Gasteiger partial charge in [-0.25, -0.2) is 13.4 Å². The average molecular weight is 595 g/mol. The smallest absolute Gasteiger partial charge is 0.259 e. The summed E-state index contributed by atoms with van der Waals surface area (Å²) in [6, 6.07) is 8.77. The molecule has 2 aliphatic heterocycles. The minimum absolute atomic E-state index is 0.129. The second kappa shape index (κ2) is 11.0. The van der Waals surface area contributed by atoms with E-state index < -0.39 is 44.3 Å². The van der Waals surface area contributed by atoms with Crippen LogP contribution in [0, 0.1) is 5.92 Å². The van der Waals surface area contributed by atoms with E-state index in [2.05, 4.69) is 15.0 Å². The normalized spacial score (nSPS) is 29.5. The molecule has 2 aliphatic carbocycles. The fraction of sp³-hybridized carbons (Fsp3) is 0.548. The van der Waals surface area contributed by atoms with E-state index in [1.165, 1.54) is 0 Å². The Bertz CT molecular complexity index is 1530. The molecule has 2 saturated carbocycles. The number of hydrogen-bond donors (Lipinski definition) is 2. The Morgan fingerprint density at radius 2 is 1.90 bits per heavy atom. The Labute approximate surface area is 246 Å². The van der Waals surface area contributed by atoms with Crippen LogP contribution in [0.2, 0.25) is 0 Å². The second-order valence-electron chi connectivity index (χ2n) is 12.4. The third-order valence-electron chi connectivity index (χ3n) is 9.28. The summed E-state index contributed by atoms with van der Waals surface area (Å²) in [7, 11) is -3.88. The Morgan fingerprint density at radius 3 is 2.71 bits per heavy atom. The van der Waals surface area contributed by atoms with Gasteiger partial charge < -0.3 is 15.0 Å². The van der Waals surface area contributed by atoms with Gasteiger partial charge in [-0.2, -0.15) is 0 Å². The summed E-state index contributed by atoms with van der Waals surface area (Å²) in [4.78, 5) is 46.8. The van der Waals surface area contributed by atoms with Crippen LogP contribution in [0.1, 0.15) is 71.1 Å². The number of hydrogen-bond acceptors (Lipinski definition) is 7. The quantitative estimate of drug-likeness (QED) is 0.507. The van der Waals surface area contributed by atoms with E-state index in [4.69, 9.17) is 4.74 Å². The third-order valence-corrected chi connectivity index (χ3v) is 11.4. The summed E-state index contributed by atoms with van der Waals surface area (Å²) in [6.45, 7) is 1.84. The first-order valence-corrected chi connectivity index (χ1v) is 16.5. The molecule has 0 bridgehead atoms. The lowest BCUT2D eigenvalue weighted by molar-refractivity contribution is -0.139. The molecule has 4 atom stereocenters. The van der Waals surface area contributed by atoms with Gasteiger partial charge in [0.25, 0.3) is 5.91 Å². The monoisotopic (exact) mass is 594 g/mol. The van der Waals surface area contributed by atoms with Crippen LogP contribution in [-0.2, 0) is 24.4 Å². The molecule has 0 spiro atoms. The number of fused-ring (bicyclic) bond motifs is 3. The highest BCUT2D eigenvalue weighted by atomic mass is 32.2. The van der Waals surface area contributed by atoms with E-state index >= 15 is 0 Å². The zero-order valence-corrected chi connectivity index (χ0v) is 24.7. The van der Waals surface area contributed by atoms with Crippen molar-refractivity contribution >= 4 is 38.5 Å². The van der Waals surface area contributed by atoms with E-state index in [1.807, 2.05) is 42.5 Å². The summed E-state index contributed by atoms with van der Waals surface area (Å²) >= 11 is 0. The van der Waals surface area contributed by atoms with Crippen LogP contribution in [0.4, 0.5) is 0 Å². The zero-order chi connectivity index (χ0) is 29.5. The van der Waals surface area contributed by atoms with Crippen molar-refractivity contribution in [2.75, 3.05) is 6.54 Å². The lowest BCUT2D eigenvalue weighted by Crippen LogP contribution is -2.57. The molecular weight excluding hydrogens is 556 g/mol.